The maximum atomic E-state index is 12.3. The van der Waals surface area contributed by atoms with Gasteiger partial charge >= 0.3 is 6.09 Å². The maximum Gasteiger partial charge on any atom is 0.414 e. The Morgan fingerprint density at radius 2 is 1.95 bits per heavy atom. The largest absolute Gasteiger partial charge is 0.444 e. The molecule has 0 aliphatic carbocycles. The van der Waals surface area contributed by atoms with E-state index in [1.165, 1.54) is 4.90 Å². The first-order valence-electron chi connectivity index (χ1n) is 6.96. The fourth-order valence-electron chi connectivity index (χ4n) is 2.42. The summed E-state index contributed by atoms with van der Waals surface area (Å²) in [6.45, 7) is 0.522. The molecule has 0 N–H and O–H groups in total. The third kappa shape index (κ3) is 2.97. The van der Waals surface area contributed by atoms with Gasteiger partial charge in [0.15, 0.2) is 5.78 Å². The van der Waals surface area contributed by atoms with Crippen LogP contribution in [0.3, 0.4) is 0 Å². The molecule has 1 amide bonds. The second-order valence-electron chi connectivity index (χ2n) is 5.03. The molecule has 112 valence electrons. The normalized spacial score (nSPS) is 13.7. The Hall–Kier alpha value is -2.33. The van der Waals surface area contributed by atoms with Crippen LogP contribution < -0.4 is 4.90 Å². The summed E-state index contributed by atoms with van der Waals surface area (Å²) < 4.78 is 5.33. The minimum absolute atomic E-state index is 0.00962. The van der Waals surface area contributed by atoms with Gasteiger partial charge in [0.2, 0.25) is 0 Å². The van der Waals surface area contributed by atoms with Gasteiger partial charge in [-0.1, -0.05) is 41.9 Å². The molecule has 2 aromatic rings. The molecule has 3 rings (SSSR count). The first-order valence-corrected chi connectivity index (χ1v) is 7.34. The number of nitrogens with zero attached hydrogens (tertiary/aromatic N) is 1. The Labute approximate surface area is 133 Å². The highest BCUT2D eigenvalue weighted by atomic mass is 35.5. The number of rotatable bonds is 2. The van der Waals surface area contributed by atoms with E-state index >= 15 is 0 Å². The van der Waals surface area contributed by atoms with Gasteiger partial charge in [0, 0.05) is 23.6 Å². The van der Waals surface area contributed by atoms with Crippen LogP contribution in [0.15, 0.2) is 48.5 Å². The fourth-order valence-corrected chi connectivity index (χ4v) is 2.59. The van der Waals surface area contributed by atoms with E-state index in [0.29, 0.717) is 22.8 Å². The molecule has 0 fully saturated rings. The number of ketones is 1. The van der Waals surface area contributed by atoms with E-state index in [2.05, 4.69) is 0 Å². The first-order chi connectivity index (χ1) is 10.6. The molecule has 2 aromatic carbocycles. The van der Waals surface area contributed by atoms with Crippen LogP contribution >= 0.6 is 11.6 Å². The first kappa shape index (κ1) is 14.6. The van der Waals surface area contributed by atoms with E-state index in [4.69, 9.17) is 16.3 Å². The van der Waals surface area contributed by atoms with Gasteiger partial charge in [0.05, 0.1) is 5.69 Å². The molecule has 0 radical (unpaired) electrons. The topological polar surface area (TPSA) is 46.6 Å². The molecule has 5 heteroatoms. The monoisotopic (exact) mass is 315 g/mol. The van der Waals surface area contributed by atoms with Crippen molar-refractivity contribution >= 4 is 29.2 Å². The summed E-state index contributed by atoms with van der Waals surface area (Å²) in [6, 6.07) is 14.4. The number of carbonyl (C=O) groups is 2. The van der Waals surface area contributed by atoms with Crippen LogP contribution in [0.4, 0.5) is 10.5 Å². The number of Topliss-reactive ketones (excluding diaryl/α,β-unsaturated/α-hetero) is 1. The summed E-state index contributed by atoms with van der Waals surface area (Å²) >= 11 is 5.92. The average molecular weight is 316 g/mol. The molecule has 1 heterocycles. The van der Waals surface area contributed by atoms with E-state index in [1.807, 2.05) is 30.3 Å². The molecular weight excluding hydrogens is 302 g/mol. The molecule has 0 saturated carbocycles. The zero-order chi connectivity index (χ0) is 15.5. The Morgan fingerprint density at radius 1 is 1.18 bits per heavy atom. The van der Waals surface area contributed by atoms with Crippen molar-refractivity contribution in [2.45, 2.75) is 13.0 Å². The number of amides is 1. The minimum Gasteiger partial charge on any atom is -0.444 e. The van der Waals surface area contributed by atoms with Gasteiger partial charge in [0.1, 0.15) is 6.61 Å². The van der Waals surface area contributed by atoms with Crippen molar-refractivity contribution in [2.24, 2.45) is 0 Å². The molecule has 0 aromatic heterocycles. The van der Waals surface area contributed by atoms with E-state index < -0.39 is 6.09 Å². The molecule has 0 atom stereocenters. The zero-order valence-corrected chi connectivity index (χ0v) is 12.5. The summed E-state index contributed by atoms with van der Waals surface area (Å²) in [5.41, 5.74) is 1.94. The van der Waals surface area contributed by atoms with Crippen molar-refractivity contribution in [3.05, 3.63) is 64.7 Å². The van der Waals surface area contributed by atoms with Crippen LogP contribution in [-0.4, -0.2) is 18.4 Å². The third-order valence-corrected chi connectivity index (χ3v) is 3.77. The van der Waals surface area contributed by atoms with Gasteiger partial charge in [-0.15, -0.1) is 0 Å². The number of halogens is 1. The van der Waals surface area contributed by atoms with Gasteiger partial charge in [-0.25, -0.2) is 4.79 Å². The molecule has 0 bridgehead atoms. The fraction of sp³-hybridized carbons (Fsp3) is 0.176. The summed E-state index contributed by atoms with van der Waals surface area (Å²) in [7, 11) is 0. The summed E-state index contributed by atoms with van der Waals surface area (Å²) in [5, 5.41) is 0.478. The lowest BCUT2D eigenvalue weighted by Gasteiger charge is -2.28. The van der Waals surface area contributed by atoms with Crippen molar-refractivity contribution < 1.29 is 14.3 Å². The predicted molar refractivity (Wildman–Crippen MR) is 84.4 cm³/mol. The van der Waals surface area contributed by atoms with E-state index in [0.717, 1.165) is 5.56 Å². The summed E-state index contributed by atoms with van der Waals surface area (Å²) in [5.74, 6) is -0.00962. The smallest absolute Gasteiger partial charge is 0.414 e. The highest BCUT2D eigenvalue weighted by Gasteiger charge is 2.28. The number of anilines is 1. The standard InChI is InChI=1S/C17H14ClNO3/c18-13-6-7-15-14(10-13)16(20)8-9-19(15)17(21)22-11-12-4-2-1-3-5-12/h1-7,10H,8-9,11H2. The molecule has 1 aliphatic rings. The highest BCUT2D eigenvalue weighted by Crippen LogP contribution is 2.30. The molecule has 0 unspecified atom stereocenters. The van der Waals surface area contributed by atoms with Crippen molar-refractivity contribution in [1.29, 1.82) is 0 Å². The van der Waals surface area contributed by atoms with Gasteiger partial charge in [-0.05, 0) is 23.8 Å². The quantitative estimate of drug-likeness (QED) is 0.839. The van der Waals surface area contributed by atoms with Crippen LogP contribution in [-0.2, 0) is 11.3 Å². The lowest BCUT2D eigenvalue weighted by molar-refractivity contribution is 0.0977. The third-order valence-electron chi connectivity index (χ3n) is 3.54. The molecule has 0 saturated heterocycles. The lowest BCUT2D eigenvalue weighted by atomic mass is 10.0. The second kappa shape index (κ2) is 6.20. The van der Waals surface area contributed by atoms with E-state index in [9.17, 15) is 9.59 Å². The van der Waals surface area contributed by atoms with Crippen LogP contribution in [0.1, 0.15) is 22.3 Å². The highest BCUT2D eigenvalue weighted by molar-refractivity contribution is 6.31. The van der Waals surface area contributed by atoms with Crippen molar-refractivity contribution in [3.8, 4) is 0 Å². The van der Waals surface area contributed by atoms with Crippen LogP contribution in [0.2, 0.25) is 5.02 Å². The summed E-state index contributed by atoms with van der Waals surface area (Å²) in [4.78, 5) is 25.7. The number of ether oxygens (including phenoxy) is 1. The van der Waals surface area contributed by atoms with Gasteiger partial charge < -0.3 is 4.74 Å². The maximum absolute atomic E-state index is 12.3. The van der Waals surface area contributed by atoms with Gasteiger partial charge in [-0.2, -0.15) is 0 Å². The van der Waals surface area contributed by atoms with Crippen molar-refractivity contribution in [1.82, 2.24) is 0 Å². The van der Waals surface area contributed by atoms with Crippen molar-refractivity contribution in [2.75, 3.05) is 11.4 Å². The number of hydrogen-bond donors (Lipinski definition) is 0. The number of fused-ring (bicyclic) bond motifs is 1. The molecular formula is C17H14ClNO3. The summed E-state index contributed by atoms with van der Waals surface area (Å²) in [6.07, 6.45) is -0.187. The van der Waals surface area contributed by atoms with Crippen LogP contribution in [0, 0.1) is 0 Å². The Balaban J connectivity index is 1.77. The van der Waals surface area contributed by atoms with Crippen molar-refractivity contribution in [3.63, 3.8) is 0 Å². The SMILES string of the molecule is O=C1CCN(C(=O)OCc2ccccc2)c2ccc(Cl)cc21. The molecule has 0 spiro atoms. The zero-order valence-electron chi connectivity index (χ0n) is 11.8. The molecule has 22 heavy (non-hydrogen) atoms. The van der Waals surface area contributed by atoms with Gasteiger partial charge in [0.25, 0.3) is 0 Å². The number of hydrogen-bond acceptors (Lipinski definition) is 3. The molecule has 4 nitrogen and oxygen atoms in total. The van der Waals surface area contributed by atoms with E-state index in [1.54, 1.807) is 18.2 Å². The van der Waals surface area contributed by atoms with Gasteiger partial charge in [-0.3, -0.25) is 9.69 Å². The molecule has 1 aliphatic heterocycles. The minimum atomic E-state index is -0.458. The average Bonchev–Trinajstić information content (AvgIpc) is 2.54. The number of benzene rings is 2. The second-order valence-corrected chi connectivity index (χ2v) is 5.46. The predicted octanol–water partition coefficient (Wildman–Crippen LogP) is 4.07. The van der Waals surface area contributed by atoms with E-state index in [-0.39, 0.29) is 18.8 Å². The Kier molecular flexibility index (Phi) is 4.11. The Morgan fingerprint density at radius 3 is 2.73 bits per heavy atom. The van der Waals surface area contributed by atoms with Crippen LogP contribution in [0.25, 0.3) is 0 Å². The van der Waals surface area contributed by atoms with Crippen LogP contribution in [0.5, 0.6) is 0 Å². The number of carbonyl (C=O) groups excluding carboxylic acids is 2. The lowest BCUT2D eigenvalue weighted by Crippen LogP contribution is -2.37. The Bertz CT molecular complexity index is 715.